The van der Waals surface area contributed by atoms with Crippen molar-refractivity contribution in [3.05, 3.63) is 23.9 Å². The highest BCUT2D eigenvalue weighted by molar-refractivity contribution is 6.12. The minimum Gasteiger partial charge on any atom is -0.336 e. The molecule has 31 heavy (non-hydrogen) atoms. The number of hydrogen-bond acceptors (Lipinski definition) is 8. The molecule has 8 nitrogen and oxygen atoms in total. The Morgan fingerprint density at radius 3 is 2.84 bits per heavy atom. The molecule has 0 saturated carbocycles. The molecule has 1 fully saturated rings. The van der Waals surface area contributed by atoms with Gasteiger partial charge < -0.3 is 15.5 Å². The molecule has 8 heteroatoms. The maximum absolute atomic E-state index is 5.12. The van der Waals surface area contributed by atoms with Crippen molar-refractivity contribution in [3.8, 4) is 0 Å². The molecule has 3 aliphatic heterocycles. The van der Waals surface area contributed by atoms with E-state index in [-0.39, 0.29) is 12.1 Å². The van der Waals surface area contributed by atoms with Gasteiger partial charge in [0.1, 0.15) is 23.7 Å². The maximum atomic E-state index is 5.12. The van der Waals surface area contributed by atoms with Crippen LogP contribution in [-0.2, 0) is 0 Å². The second kappa shape index (κ2) is 9.34. The number of nitrogens with one attached hydrogen (secondary N) is 2. The summed E-state index contributed by atoms with van der Waals surface area (Å²) in [5.41, 5.74) is 2.23. The summed E-state index contributed by atoms with van der Waals surface area (Å²) in [6, 6.07) is 4.80. The molecule has 0 aliphatic carbocycles. The van der Waals surface area contributed by atoms with Gasteiger partial charge >= 0.3 is 0 Å². The third-order valence-electron chi connectivity index (χ3n) is 6.27. The van der Waals surface area contributed by atoms with E-state index in [1.807, 2.05) is 12.3 Å². The van der Waals surface area contributed by atoms with Crippen LogP contribution < -0.4 is 10.6 Å². The number of aromatic nitrogens is 1. The van der Waals surface area contributed by atoms with Crippen LogP contribution in [0.5, 0.6) is 0 Å². The van der Waals surface area contributed by atoms with Crippen LogP contribution in [0.2, 0.25) is 0 Å². The summed E-state index contributed by atoms with van der Waals surface area (Å²) < 4.78 is 0. The molecule has 2 N–H and O–H groups in total. The van der Waals surface area contributed by atoms with Crippen LogP contribution in [0, 0.1) is 6.92 Å². The average Bonchev–Trinajstić information content (AvgIpc) is 3.06. The van der Waals surface area contributed by atoms with Crippen molar-refractivity contribution in [3.63, 3.8) is 0 Å². The Labute approximate surface area is 185 Å². The molecule has 168 valence electrons. The summed E-state index contributed by atoms with van der Waals surface area (Å²) in [5.74, 6) is 2.52. The Hall–Kier alpha value is -2.48. The summed E-state index contributed by atoms with van der Waals surface area (Å²) in [7, 11) is 0. The summed E-state index contributed by atoms with van der Waals surface area (Å²) in [5, 5.41) is 14.2. The Morgan fingerprint density at radius 1 is 1.23 bits per heavy atom. The number of nitrogens with zero attached hydrogens (tertiary/aromatic N) is 6. The minimum absolute atomic E-state index is 0.00133. The number of hydrogen-bond donors (Lipinski definition) is 2. The molecular weight excluding hydrogens is 388 g/mol. The molecule has 4 heterocycles. The lowest BCUT2D eigenvalue weighted by atomic mass is 10.0. The second-order valence-corrected chi connectivity index (χ2v) is 9.08. The van der Waals surface area contributed by atoms with Crippen molar-refractivity contribution in [1.82, 2.24) is 20.2 Å². The summed E-state index contributed by atoms with van der Waals surface area (Å²) in [6.07, 6.45) is 5.35. The number of unbranched alkanes of at least 4 members (excludes halogenated alkanes) is 2. The summed E-state index contributed by atoms with van der Waals surface area (Å²) in [4.78, 5) is 17.0. The Balaban J connectivity index is 1.66. The molecule has 0 radical (unpaired) electrons. The van der Waals surface area contributed by atoms with Gasteiger partial charge in [-0.3, -0.25) is 5.01 Å². The number of guanidine groups is 1. The highest BCUT2D eigenvalue weighted by Crippen LogP contribution is 2.27. The number of fused-ring (bicyclic) bond motifs is 1. The van der Waals surface area contributed by atoms with Crippen LogP contribution in [0.3, 0.4) is 0 Å². The average molecular weight is 425 g/mol. The van der Waals surface area contributed by atoms with Crippen LogP contribution in [-0.4, -0.2) is 76.2 Å². The molecule has 0 amide bonds. The Bertz CT molecular complexity index is 876. The van der Waals surface area contributed by atoms with E-state index in [9.17, 15) is 0 Å². The van der Waals surface area contributed by atoms with Crippen molar-refractivity contribution in [2.24, 2.45) is 15.1 Å². The van der Waals surface area contributed by atoms with Crippen molar-refractivity contribution in [2.45, 2.75) is 78.0 Å². The van der Waals surface area contributed by atoms with Crippen molar-refractivity contribution < 1.29 is 0 Å². The fraction of sp³-hybridized carbons (Fsp3) is 0.652. The smallest absolute Gasteiger partial charge is 0.223 e. The number of piperazine rings is 1. The zero-order chi connectivity index (χ0) is 22.0. The molecule has 2 unspecified atom stereocenters. The largest absolute Gasteiger partial charge is 0.336 e. The van der Waals surface area contributed by atoms with Gasteiger partial charge in [-0.1, -0.05) is 19.8 Å². The number of aryl methyl sites for hydroxylation is 1. The fourth-order valence-corrected chi connectivity index (χ4v) is 4.49. The third-order valence-corrected chi connectivity index (χ3v) is 6.27. The summed E-state index contributed by atoms with van der Waals surface area (Å²) >= 11 is 0. The number of amidine groups is 1. The number of hydrazone groups is 1. The first-order chi connectivity index (χ1) is 15.0. The number of rotatable bonds is 5. The monoisotopic (exact) mass is 424 g/mol. The molecule has 0 aromatic carbocycles. The van der Waals surface area contributed by atoms with Crippen LogP contribution in [0.1, 0.15) is 52.5 Å². The molecule has 0 spiro atoms. The molecule has 1 saturated heterocycles. The van der Waals surface area contributed by atoms with Gasteiger partial charge in [0, 0.05) is 37.9 Å². The van der Waals surface area contributed by atoms with Gasteiger partial charge in [-0.15, -0.1) is 0 Å². The van der Waals surface area contributed by atoms with E-state index < -0.39 is 0 Å². The number of aliphatic imine (C=N–C) groups is 2. The van der Waals surface area contributed by atoms with Crippen LogP contribution in [0.15, 0.2) is 33.4 Å². The van der Waals surface area contributed by atoms with Gasteiger partial charge in [0.05, 0.1) is 5.71 Å². The Kier molecular flexibility index (Phi) is 6.55. The van der Waals surface area contributed by atoms with Gasteiger partial charge in [-0.25, -0.2) is 9.98 Å². The normalized spacial score (nSPS) is 28.1. The molecule has 4 atom stereocenters. The van der Waals surface area contributed by atoms with Crippen molar-refractivity contribution in [1.29, 1.82) is 0 Å². The van der Waals surface area contributed by atoms with E-state index >= 15 is 0 Å². The SMILES string of the molecule is CCCCCN1N=C(C)C2N=C(N3C[C@@H](C)NC[C@@H]3C)N=C(Nc3cc(C)ccn3)C21. The van der Waals surface area contributed by atoms with Crippen LogP contribution in [0.4, 0.5) is 5.82 Å². The second-order valence-electron chi connectivity index (χ2n) is 9.08. The third kappa shape index (κ3) is 4.74. The van der Waals surface area contributed by atoms with E-state index in [2.05, 4.69) is 66.2 Å². The first-order valence-corrected chi connectivity index (χ1v) is 11.6. The van der Waals surface area contributed by atoms with Crippen molar-refractivity contribution in [2.75, 3.05) is 25.0 Å². The quantitative estimate of drug-likeness (QED) is 0.711. The molecule has 1 aromatic heterocycles. The standard InChI is InChI=1S/C23H36N8/c1-6-7-8-11-31-21-20(18(5)29-31)27-23(30-14-16(3)25-13-17(30)4)28-22(21)26-19-12-15(2)9-10-24-19/h9-10,12,16-17,20-21,25H,6-8,11,13-14H2,1-5H3,(H,24,26,27,28)/t16-,17+,20?,21?/m1/s1. The van der Waals surface area contributed by atoms with E-state index in [1.54, 1.807) is 0 Å². The van der Waals surface area contributed by atoms with Gasteiger partial charge in [0.2, 0.25) is 5.96 Å². The van der Waals surface area contributed by atoms with Gasteiger partial charge in [0.25, 0.3) is 0 Å². The lowest BCUT2D eigenvalue weighted by Crippen LogP contribution is -2.58. The lowest BCUT2D eigenvalue weighted by Gasteiger charge is -2.40. The molecule has 3 aliphatic rings. The number of anilines is 1. The van der Waals surface area contributed by atoms with Gasteiger partial charge in [0.15, 0.2) is 0 Å². The predicted octanol–water partition coefficient (Wildman–Crippen LogP) is 2.87. The van der Waals surface area contributed by atoms with Crippen molar-refractivity contribution >= 4 is 23.3 Å². The molecule has 4 rings (SSSR count). The molecular formula is C23H36N8. The van der Waals surface area contributed by atoms with Gasteiger partial charge in [-0.05, 0) is 51.8 Å². The number of pyridine rings is 1. The fourth-order valence-electron chi connectivity index (χ4n) is 4.49. The van der Waals surface area contributed by atoms with E-state index in [0.29, 0.717) is 12.1 Å². The lowest BCUT2D eigenvalue weighted by molar-refractivity contribution is 0.227. The molecule has 1 aromatic rings. The van der Waals surface area contributed by atoms with Crippen LogP contribution in [0.25, 0.3) is 0 Å². The molecule has 0 bridgehead atoms. The minimum atomic E-state index is -0.0150. The zero-order valence-corrected chi connectivity index (χ0v) is 19.5. The van der Waals surface area contributed by atoms with E-state index in [4.69, 9.17) is 15.1 Å². The topological polar surface area (TPSA) is 80.5 Å². The predicted molar refractivity (Wildman–Crippen MR) is 128 cm³/mol. The zero-order valence-electron chi connectivity index (χ0n) is 19.5. The first kappa shape index (κ1) is 21.7. The van der Waals surface area contributed by atoms with E-state index in [0.717, 1.165) is 49.4 Å². The Morgan fingerprint density at radius 2 is 2.06 bits per heavy atom. The summed E-state index contributed by atoms with van der Waals surface area (Å²) in [6.45, 7) is 13.6. The highest BCUT2D eigenvalue weighted by atomic mass is 15.5. The van der Waals surface area contributed by atoms with Gasteiger partial charge in [-0.2, -0.15) is 10.1 Å². The first-order valence-electron chi connectivity index (χ1n) is 11.6. The van der Waals surface area contributed by atoms with E-state index in [1.165, 1.54) is 18.4 Å². The van der Waals surface area contributed by atoms with Crippen LogP contribution >= 0.6 is 0 Å². The highest BCUT2D eigenvalue weighted by Gasteiger charge is 2.43. The maximum Gasteiger partial charge on any atom is 0.223 e.